The highest BCUT2D eigenvalue weighted by atomic mass is 79.9. The Labute approximate surface area is 114 Å². The van der Waals surface area contributed by atoms with E-state index in [0.717, 1.165) is 22.9 Å². The summed E-state index contributed by atoms with van der Waals surface area (Å²) in [7, 11) is 0. The summed E-state index contributed by atoms with van der Waals surface area (Å²) in [5.74, 6) is -0.258. The van der Waals surface area contributed by atoms with Crippen LogP contribution < -0.4 is 10.6 Å². The van der Waals surface area contributed by atoms with E-state index in [0.29, 0.717) is 6.04 Å². The summed E-state index contributed by atoms with van der Waals surface area (Å²) in [5, 5.41) is 5.44. The third kappa shape index (κ3) is 4.14. The molecule has 1 saturated carbocycles. The second-order valence-electron chi connectivity index (χ2n) is 4.39. The van der Waals surface area contributed by atoms with Gasteiger partial charge in [-0.15, -0.1) is 0 Å². The Hall–Kier alpha value is -1.36. The predicted octanol–water partition coefficient (Wildman–Crippen LogP) is 1.39. The Bertz CT molecular complexity index is 458. The molecular weight excluding hydrogens is 296 g/mol. The van der Waals surface area contributed by atoms with Crippen molar-refractivity contribution >= 4 is 27.7 Å². The highest BCUT2D eigenvalue weighted by Gasteiger charge is 2.23. The fourth-order valence-corrected chi connectivity index (χ4v) is 1.99. The molecule has 2 amide bonds. The third-order valence-corrected chi connectivity index (χ3v) is 3.47. The average molecular weight is 311 g/mol. The van der Waals surface area contributed by atoms with E-state index in [1.54, 1.807) is 0 Å². The van der Waals surface area contributed by atoms with Crippen LogP contribution >= 0.6 is 15.9 Å². The molecule has 1 aromatic carbocycles. The lowest BCUT2D eigenvalue weighted by Crippen LogP contribution is -2.38. The highest BCUT2D eigenvalue weighted by Crippen LogP contribution is 2.18. The minimum atomic E-state index is -0.146. The second kappa shape index (κ2) is 6.00. The number of carbonyl (C=O) groups is 2. The summed E-state index contributed by atoms with van der Waals surface area (Å²) in [6.07, 6.45) is 2.38. The van der Waals surface area contributed by atoms with Crippen LogP contribution in [0.25, 0.3) is 0 Å². The van der Waals surface area contributed by atoms with E-state index in [1.807, 2.05) is 24.3 Å². The van der Waals surface area contributed by atoms with Crippen molar-refractivity contribution in [2.45, 2.75) is 25.3 Å². The molecule has 0 saturated heterocycles. The van der Waals surface area contributed by atoms with Crippen LogP contribution in [-0.2, 0) is 16.0 Å². The molecule has 0 aromatic heterocycles. The first kappa shape index (κ1) is 13.1. The van der Waals surface area contributed by atoms with Gasteiger partial charge in [0.1, 0.15) is 0 Å². The van der Waals surface area contributed by atoms with Gasteiger partial charge in [-0.2, -0.15) is 0 Å². The number of carbonyl (C=O) groups excluding carboxylic acids is 2. The molecule has 2 N–H and O–H groups in total. The van der Waals surface area contributed by atoms with Gasteiger partial charge in [-0.3, -0.25) is 9.59 Å². The molecule has 0 bridgehead atoms. The maximum absolute atomic E-state index is 11.7. The monoisotopic (exact) mass is 310 g/mol. The number of nitrogens with one attached hydrogen (secondary N) is 2. The van der Waals surface area contributed by atoms with Gasteiger partial charge in [0.2, 0.25) is 11.8 Å². The average Bonchev–Trinajstić information content (AvgIpc) is 3.13. The minimum absolute atomic E-state index is 0.0553. The topological polar surface area (TPSA) is 58.2 Å². The maximum Gasteiger partial charge on any atom is 0.239 e. The van der Waals surface area contributed by atoms with Gasteiger partial charge < -0.3 is 10.6 Å². The quantitative estimate of drug-likeness (QED) is 0.863. The highest BCUT2D eigenvalue weighted by molar-refractivity contribution is 9.10. The Balaban J connectivity index is 1.74. The molecule has 1 aliphatic rings. The first-order chi connectivity index (χ1) is 8.65. The molecule has 1 aromatic rings. The van der Waals surface area contributed by atoms with E-state index in [4.69, 9.17) is 0 Å². The number of benzene rings is 1. The molecule has 0 unspecified atom stereocenters. The number of amides is 2. The molecule has 2 rings (SSSR count). The molecule has 1 aliphatic carbocycles. The number of hydrogen-bond acceptors (Lipinski definition) is 2. The number of halogens is 1. The van der Waals surface area contributed by atoms with Gasteiger partial charge in [-0.05, 0) is 24.5 Å². The lowest BCUT2D eigenvalue weighted by atomic mass is 10.1. The van der Waals surface area contributed by atoms with Crippen LogP contribution in [0.1, 0.15) is 18.4 Å². The van der Waals surface area contributed by atoms with E-state index >= 15 is 0 Å². The van der Waals surface area contributed by atoms with E-state index in [9.17, 15) is 9.59 Å². The van der Waals surface area contributed by atoms with Crippen molar-refractivity contribution in [2.75, 3.05) is 6.54 Å². The van der Waals surface area contributed by atoms with Gasteiger partial charge in [0.05, 0.1) is 13.0 Å². The minimum Gasteiger partial charge on any atom is -0.352 e. The zero-order valence-corrected chi connectivity index (χ0v) is 11.5. The van der Waals surface area contributed by atoms with E-state index < -0.39 is 0 Å². The van der Waals surface area contributed by atoms with E-state index in [2.05, 4.69) is 26.6 Å². The maximum atomic E-state index is 11.7. The van der Waals surface area contributed by atoms with Crippen molar-refractivity contribution in [2.24, 2.45) is 0 Å². The Morgan fingerprint density at radius 2 is 1.94 bits per heavy atom. The predicted molar refractivity (Wildman–Crippen MR) is 72.0 cm³/mol. The zero-order chi connectivity index (χ0) is 13.0. The summed E-state index contributed by atoms with van der Waals surface area (Å²) < 4.78 is 0.905. The lowest BCUT2D eigenvalue weighted by Gasteiger charge is -2.07. The van der Waals surface area contributed by atoms with Crippen molar-refractivity contribution in [3.8, 4) is 0 Å². The second-order valence-corrected chi connectivity index (χ2v) is 5.24. The first-order valence-corrected chi connectivity index (χ1v) is 6.74. The molecule has 4 nitrogen and oxygen atoms in total. The Kier molecular flexibility index (Phi) is 4.36. The summed E-state index contributed by atoms with van der Waals surface area (Å²) in [4.78, 5) is 23.0. The summed E-state index contributed by atoms with van der Waals surface area (Å²) in [6, 6.07) is 7.88. The molecule has 5 heteroatoms. The zero-order valence-electron chi connectivity index (χ0n) is 9.91. The molecule has 0 radical (unpaired) electrons. The van der Waals surface area contributed by atoms with Crippen LogP contribution in [0, 0.1) is 0 Å². The van der Waals surface area contributed by atoms with E-state index in [-0.39, 0.29) is 24.8 Å². The Morgan fingerprint density at radius 3 is 2.61 bits per heavy atom. The van der Waals surface area contributed by atoms with Crippen molar-refractivity contribution in [3.63, 3.8) is 0 Å². The van der Waals surface area contributed by atoms with Gasteiger partial charge in [0, 0.05) is 10.5 Å². The van der Waals surface area contributed by atoms with Crippen LogP contribution in [0.4, 0.5) is 0 Å². The molecule has 0 atom stereocenters. The normalized spacial score (nSPS) is 14.1. The van der Waals surface area contributed by atoms with Crippen molar-refractivity contribution in [3.05, 3.63) is 34.3 Å². The molecule has 1 fully saturated rings. The van der Waals surface area contributed by atoms with Crippen LogP contribution in [-0.4, -0.2) is 24.4 Å². The smallest absolute Gasteiger partial charge is 0.239 e. The standard InChI is InChI=1S/C13H15BrN2O2/c14-11-4-2-1-3-9(11)7-12(17)15-8-13(18)16-10-5-6-10/h1-4,10H,5-8H2,(H,15,17)(H,16,18). The molecule has 18 heavy (non-hydrogen) atoms. The van der Waals surface area contributed by atoms with Crippen LogP contribution in [0.2, 0.25) is 0 Å². The molecule has 0 spiro atoms. The van der Waals surface area contributed by atoms with Crippen molar-refractivity contribution in [1.29, 1.82) is 0 Å². The van der Waals surface area contributed by atoms with Crippen LogP contribution in [0.15, 0.2) is 28.7 Å². The fourth-order valence-electron chi connectivity index (χ4n) is 1.56. The summed E-state index contributed by atoms with van der Waals surface area (Å²) in [5.41, 5.74) is 0.914. The van der Waals surface area contributed by atoms with Gasteiger partial charge in [-0.1, -0.05) is 34.1 Å². The SMILES string of the molecule is O=C(Cc1ccccc1Br)NCC(=O)NC1CC1. The van der Waals surface area contributed by atoms with Gasteiger partial charge in [0.25, 0.3) is 0 Å². The van der Waals surface area contributed by atoms with E-state index in [1.165, 1.54) is 0 Å². The van der Waals surface area contributed by atoms with Gasteiger partial charge >= 0.3 is 0 Å². The van der Waals surface area contributed by atoms with Gasteiger partial charge in [0.15, 0.2) is 0 Å². The van der Waals surface area contributed by atoms with Gasteiger partial charge in [-0.25, -0.2) is 0 Å². The lowest BCUT2D eigenvalue weighted by molar-refractivity contribution is -0.125. The molecule has 96 valence electrons. The fraction of sp³-hybridized carbons (Fsp3) is 0.385. The molecule has 0 aliphatic heterocycles. The summed E-state index contributed by atoms with van der Waals surface area (Å²) in [6.45, 7) is 0.0553. The first-order valence-electron chi connectivity index (χ1n) is 5.94. The Morgan fingerprint density at radius 1 is 1.22 bits per heavy atom. The molecular formula is C13H15BrN2O2. The van der Waals surface area contributed by atoms with Crippen LogP contribution in [0.3, 0.4) is 0 Å². The van der Waals surface area contributed by atoms with Crippen molar-refractivity contribution < 1.29 is 9.59 Å². The summed E-state index contributed by atoms with van der Waals surface area (Å²) >= 11 is 3.39. The largest absolute Gasteiger partial charge is 0.352 e. The van der Waals surface area contributed by atoms with Crippen molar-refractivity contribution in [1.82, 2.24) is 10.6 Å². The number of hydrogen-bond donors (Lipinski definition) is 2. The number of rotatable bonds is 5. The van der Waals surface area contributed by atoms with Crippen LogP contribution in [0.5, 0.6) is 0 Å². The molecule has 0 heterocycles. The third-order valence-electron chi connectivity index (χ3n) is 2.70.